The zero-order valence-electron chi connectivity index (χ0n) is 18.2. The van der Waals surface area contributed by atoms with Crippen LogP contribution in [-0.4, -0.2) is 67.5 Å². The van der Waals surface area contributed by atoms with Gasteiger partial charge in [0.2, 0.25) is 0 Å². The van der Waals surface area contributed by atoms with E-state index in [0.717, 1.165) is 21.4 Å². The average molecular weight is 436 g/mol. The fourth-order valence-electron chi connectivity index (χ4n) is 4.07. The van der Waals surface area contributed by atoms with Gasteiger partial charge in [-0.25, -0.2) is 4.79 Å². The molecule has 2 aromatic carbocycles. The first-order chi connectivity index (χ1) is 15.5. The zero-order chi connectivity index (χ0) is 22.7. The van der Waals surface area contributed by atoms with Crippen molar-refractivity contribution in [1.29, 1.82) is 0 Å². The van der Waals surface area contributed by atoms with Crippen LogP contribution in [0.25, 0.3) is 10.9 Å². The molecule has 0 spiro atoms. The van der Waals surface area contributed by atoms with E-state index < -0.39 is 5.97 Å². The van der Waals surface area contributed by atoms with Crippen LogP contribution in [0.15, 0.2) is 48.5 Å². The number of aromatic amines is 1. The van der Waals surface area contributed by atoms with E-state index >= 15 is 0 Å². The minimum absolute atomic E-state index is 0.0194. The monoisotopic (exact) mass is 435 g/mol. The van der Waals surface area contributed by atoms with Crippen molar-refractivity contribution in [3.05, 3.63) is 65.4 Å². The summed E-state index contributed by atoms with van der Waals surface area (Å²) in [4.78, 5) is 43.6. The Morgan fingerprint density at radius 1 is 1.09 bits per heavy atom. The van der Waals surface area contributed by atoms with Gasteiger partial charge in [-0.2, -0.15) is 0 Å². The zero-order valence-corrected chi connectivity index (χ0v) is 18.2. The molecule has 0 radical (unpaired) electrons. The van der Waals surface area contributed by atoms with E-state index in [1.54, 1.807) is 0 Å². The molecule has 32 heavy (non-hydrogen) atoms. The number of quaternary nitrogens is 1. The summed E-state index contributed by atoms with van der Waals surface area (Å²) in [6.45, 7) is 4.76. The number of fused-ring (bicyclic) bond motifs is 1. The molecule has 0 bridgehead atoms. The molecule has 2 amide bonds. The van der Waals surface area contributed by atoms with E-state index in [4.69, 9.17) is 4.74 Å². The number of amides is 2. The number of rotatable bonds is 5. The molecule has 0 aliphatic carbocycles. The fourth-order valence-corrected chi connectivity index (χ4v) is 4.07. The number of carbonyl (C=O) groups is 3. The van der Waals surface area contributed by atoms with E-state index in [1.807, 2.05) is 60.4 Å². The largest absolute Gasteiger partial charge is 0.464 e. The maximum atomic E-state index is 12.8. The summed E-state index contributed by atoms with van der Waals surface area (Å²) in [5, 5.41) is 3.68. The van der Waals surface area contributed by atoms with Gasteiger partial charge in [-0.05, 0) is 31.2 Å². The predicted octanol–water partition coefficient (Wildman–Crippen LogP) is 1.24. The van der Waals surface area contributed by atoms with Crippen molar-refractivity contribution in [2.24, 2.45) is 0 Å². The third-order valence-electron chi connectivity index (χ3n) is 5.80. The number of ether oxygens (including phenoxy) is 1. The number of H-pyrrole nitrogens is 1. The van der Waals surface area contributed by atoms with E-state index in [9.17, 15) is 14.4 Å². The molecule has 1 aliphatic rings. The molecular formula is C24H27N4O4+. The molecule has 1 saturated heterocycles. The average Bonchev–Trinajstić information content (AvgIpc) is 3.16. The van der Waals surface area contributed by atoms with Crippen molar-refractivity contribution in [3.63, 3.8) is 0 Å². The standard InChI is InChI=1S/C24H26N4O4/c1-16-8-9-19-18(14-16)21(22(25-19)24(31)32-2)26-20(29)15-27-10-12-28(13-11-27)23(30)17-6-4-3-5-7-17/h3-9,14,25H,10-13,15H2,1-2H3,(H,26,29)/p+1. The maximum Gasteiger partial charge on any atom is 0.356 e. The van der Waals surface area contributed by atoms with Crippen molar-refractivity contribution >= 4 is 34.4 Å². The number of nitrogens with zero attached hydrogens (tertiary/aromatic N) is 1. The van der Waals surface area contributed by atoms with Gasteiger partial charge in [0.15, 0.2) is 6.54 Å². The summed E-state index contributed by atoms with van der Waals surface area (Å²) < 4.78 is 4.87. The van der Waals surface area contributed by atoms with E-state index in [0.29, 0.717) is 37.4 Å². The van der Waals surface area contributed by atoms with Gasteiger partial charge in [0.1, 0.15) is 5.69 Å². The first kappa shape index (κ1) is 21.6. The van der Waals surface area contributed by atoms with Crippen LogP contribution >= 0.6 is 0 Å². The first-order valence-electron chi connectivity index (χ1n) is 10.6. The van der Waals surface area contributed by atoms with Gasteiger partial charge >= 0.3 is 5.97 Å². The van der Waals surface area contributed by atoms with Crippen LogP contribution in [0.2, 0.25) is 0 Å². The summed E-state index contributed by atoms with van der Waals surface area (Å²) in [6.07, 6.45) is 0. The number of piperazine rings is 1. The van der Waals surface area contributed by atoms with E-state index in [-0.39, 0.29) is 24.1 Å². The summed E-state index contributed by atoms with van der Waals surface area (Å²) in [6, 6.07) is 15.0. The second kappa shape index (κ2) is 9.23. The molecule has 1 aromatic heterocycles. The van der Waals surface area contributed by atoms with Gasteiger partial charge in [-0.1, -0.05) is 29.8 Å². The highest BCUT2D eigenvalue weighted by Gasteiger charge is 2.27. The molecule has 166 valence electrons. The minimum Gasteiger partial charge on any atom is -0.464 e. The SMILES string of the molecule is COC(=O)c1[nH]c2ccc(C)cc2c1NC(=O)C[NH+]1CCN(C(=O)c2ccccc2)CC1. The van der Waals surface area contributed by atoms with Gasteiger partial charge in [-0.15, -0.1) is 0 Å². The third kappa shape index (κ3) is 4.50. The number of aryl methyl sites for hydroxylation is 1. The normalized spacial score (nSPS) is 14.4. The van der Waals surface area contributed by atoms with Crippen LogP contribution in [0.5, 0.6) is 0 Å². The van der Waals surface area contributed by atoms with E-state index in [2.05, 4.69) is 10.3 Å². The minimum atomic E-state index is -0.533. The number of esters is 1. The van der Waals surface area contributed by atoms with Crippen LogP contribution in [0.3, 0.4) is 0 Å². The fraction of sp³-hybridized carbons (Fsp3) is 0.292. The second-order valence-electron chi connectivity index (χ2n) is 8.05. The molecule has 0 unspecified atom stereocenters. The number of hydrogen-bond donors (Lipinski definition) is 3. The van der Waals surface area contributed by atoms with Gasteiger partial charge in [0, 0.05) is 16.5 Å². The van der Waals surface area contributed by atoms with E-state index in [1.165, 1.54) is 7.11 Å². The summed E-state index contributed by atoms with van der Waals surface area (Å²) in [5.41, 5.74) is 3.13. The van der Waals surface area contributed by atoms with Gasteiger partial charge in [0.05, 0.1) is 39.0 Å². The Balaban J connectivity index is 1.41. The number of carbonyl (C=O) groups excluding carboxylic acids is 3. The maximum absolute atomic E-state index is 12.8. The molecule has 2 heterocycles. The Morgan fingerprint density at radius 2 is 1.81 bits per heavy atom. The van der Waals surface area contributed by atoms with Crippen molar-refractivity contribution in [1.82, 2.24) is 9.88 Å². The van der Waals surface area contributed by atoms with Crippen LogP contribution in [-0.2, 0) is 9.53 Å². The lowest BCUT2D eigenvalue weighted by Gasteiger charge is -2.32. The molecule has 8 nitrogen and oxygen atoms in total. The molecular weight excluding hydrogens is 408 g/mol. The highest BCUT2D eigenvalue weighted by atomic mass is 16.5. The Bertz CT molecular complexity index is 1150. The summed E-state index contributed by atoms with van der Waals surface area (Å²) >= 11 is 0. The quantitative estimate of drug-likeness (QED) is 0.526. The second-order valence-corrected chi connectivity index (χ2v) is 8.05. The molecule has 4 rings (SSSR count). The van der Waals surface area contributed by atoms with Crippen LogP contribution in [0.1, 0.15) is 26.4 Å². The number of nitrogens with one attached hydrogen (secondary N) is 3. The van der Waals surface area contributed by atoms with Crippen molar-refractivity contribution in [2.75, 3.05) is 45.2 Å². The predicted molar refractivity (Wildman–Crippen MR) is 121 cm³/mol. The molecule has 1 fully saturated rings. The Hall–Kier alpha value is -3.65. The van der Waals surface area contributed by atoms with Crippen molar-refractivity contribution in [3.8, 4) is 0 Å². The number of benzene rings is 2. The molecule has 0 atom stereocenters. The van der Waals surface area contributed by atoms with Crippen molar-refractivity contribution in [2.45, 2.75) is 6.92 Å². The molecule has 8 heteroatoms. The highest BCUT2D eigenvalue weighted by molar-refractivity contribution is 6.11. The lowest BCUT2D eigenvalue weighted by Crippen LogP contribution is -3.15. The molecule has 1 aliphatic heterocycles. The first-order valence-corrected chi connectivity index (χ1v) is 10.6. The lowest BCUT2D eigenvalue weighted by atomic mass is 10.1. The number of anilines is 1. The van der Waals surface area contributed by atoms with Crippen molar-refractivity contribution < 1.29 is 24.0 Å². The van der Waals surface area contributed by atoms with Gasteiger partial charge < -0.3 is 24.8 Å². The lowest BCUT2D eigenvalue weighted by molar-refractivity contribution is -0.895. The van der Waals surface area contributed by atoms with Crippen LogP contribution in [0, 0.1) is 6.92 Å². The van der Waals surface area contributed by atoms with Gasteiger partial charge in [0.25, 0.3) is 11.8 Å². The smallest absolute Gasteiger partial charge is 0.356 e. The molecule has 3 N–H and O–H groups in total. The third-order valence-corrected chi connectivity index (χ3v) is 5.80. The molecule has 0 saturated carbocycles. The number of methoxy groups -OCH3 is 1. The van der Waals surface area contributed by atoms with Crippen LogP contribution in [0.4, 0.5) is 5.69 Å². The Morgan fingerprint density at radius 3 is 2.50 bits per heavy atom. The highest BCUT2D eigenvalue weighted by Crippen LogP contribution is 2.29. The summed E-state index contributed by atoms with van der Waals surface area (Å²) in [5.74, 6) is -0.698. The van der Waals surface area contributed by atoms with Crippen LogP contribution < -0.4 is 10.2 Å². The number of hydrogen-bond acceptors (Lipinski definition) is 4. The van der Waals surface area contributed by atoms with Gasteiger partial charge in [-0.3, -0.25) is 9.59 Å². The summed E-state index contributed by atoms with van der Waals surface area (Å²) in [7, 11) is 1.31. The Labute approximate surface area is 186 Å². The Kier molecular flexibility index (Phi) is 6.23. The topological polar surface area (TPSA) is 95.9 Å². The molecule has 3 aromatic rings. The number of aromatic nitrogens is 1.